The lowest BCUT2D eigenvalue weighted by Gasteiger charge is -2.47. The van der Waals surface area contributed by atoms with E-state index in [2.05, 4.69) is 20.5 Å². The van der Waals surface area contributed by atoms with E-state index in [1.54, 1.807) is 45.8 Å². The second-order valence-electron chi connectivity index (χ2n) is 22.1. The number of rotatable bonds is 19. The number of nitrogens with one attached hydrogen (secondary N) is 1. The van der Waals surface area contributed by atoms with E-state index in [1.165, 1.54) is 12.3 Å². The average molecular weight is 1160 g/mol. The SMILES string of the molecule is NC[C@@H]1O[C@@H](O[C@H]2[C@@H](O)[C@H](O[C@H]3[C@@H](O)[C@H](N)C[C@H](N)[C@H]3O[C@H]3O[C@H](CN)[C@@H](O)[C@H](O)[C@H]3N)O[C@@H]2C(=O)Nc2ccc(-c3cn(CCCCN4CCN(c5cc6c(cc5F)c(=O)c(C(=O)O)cn6C5CC5)CC4)nn3)cc2)[C@H](N)[C@@H](O)[C@@H]1O. The summed E-state index contributed by atoms with van der Waals surface area (Å²) in [5.74, 6) is -2.74. The molecule has 20 N–H and O–H groups in total. The van der Waals surface area contributed by atoms with Crippen LogP contribution in [0.25, 0.3) is 22.2 Å². The maximum Gasteiger partial charge on any atom is 0.341 e. The minimum Gasteiger partial charge on any atom is -0.477 e. The number of anilines is 2. The number of halogens is 1. The Morgan fingerprint density at radius 1 is 0.720 bits per heavy atom. The molecule has 6 aliphatic rings. The van der Waals surface area contributed by atoms with Gasteiger partial charge in [-0.2, -0.15) is 0 Å². The molecule has 0 bridgehead atoms. The molecule has 2 aliphatic carbocycles. The van der Waals surface area contributed by atoms with Crippen molar-refractivity contribution >= 4 is 34.2 Å². The molecule has 29 nitrogen and oxygen atoms in total. The number of benzene rings is 2. The quantitative estimate of drug-likeness (QED) is 0.0391. The standard InChI is InChI=1S/C52H74FN13O16/c53-27-15-25-31(66(24-7-8-24)20-26(37(25)67)49(75)76)17-32(27)64-13-11-63(12-14-64)9-1-2-10-65-21-30(61-62-65)22-3-5-23(6-4-22)60-48(74)47-46(80-51-36(59)42(72)40(70)34(19-55)78-51)43(73)52(82-47)81-45-38(68)28(56)16-29(57)44(45)79-50-35(58)41(71)39(69)33(18-54)77-50/h3-6,15,17,20-21,24,28-29,33-36,38-47,50-52,68-73H,1-2,7-14,16,18-19,54-59H2,(H,60,74)(H,75,76)/t28-,29+,33-,34+,35-,36-,38+,39-,40-,41-,42-,43-,44-,45+,46+,47+,50-,51+,52-/m1/s1. The Labute approximate surface area is 468 Å². The molecule has 6 heterocycles. The van der Waals surface area contributed by atoms with Crippen molar-refractivity contribution in [1.82, 2.24) is 24.5 Å². The number of fused-ring (bicyclic) bond motifs is 1. The summed E-state index contributed by atoms with van der Waals surface area (Å²) >= 11 is 0. The van der Waals surface area contributed by atoms with Crippen LogP contribution in [0.2, 0.25) is 0 Å². The van der Waals surface area contributed by atoms with Crippen LogP contribution in [0.4, 0.5) is 15.8 Å². The molecule has 6 fully saturated rings. The van der Waals surface area contributed by atoms with E-state index in [4.69, 9.17) is 62.8 Å². The normalized spacial score (nSPS) is 35.5. The lowest BCUT2D eigenvalue weighted by Crippen LogP contribution is -2.68. The summed E-state index contributed by atoms with van der Waals surface area (Å²) in [5, 5.41) is 86.8. The molecule has 4 aromatic rings. The topological polar surface area (TPSA) is 458 Å². The van der Waals surface area contributed by atoms with Gasteiger partial charge in [-0.3, -0.25) is 19.2 Å². The third-order valence-electron chi connectivity index (χ3n) is 16.4. The van der Waals surface area contributed by atoms with Gasteiger partial charge in [-0.1, -0.05) is 17.3 Å². The summed E-state index contributed by atoms with van der Waals surface area (Å²) in [6, 6.07) is 4.89. The van der Waals surface area contributed by atoms with Gasteiger partial charge < -0.3 is 113 Å². The summed E-state index contributed by atoms with van der Waals surface area (Å²) < 4.78 is 55.2. The van der Waals surface area contributed by atoms with E-state index in [9.17, 15) is 50.1 Å². The zero-order chi connectivity index (χ0) is 58.4. The van der Waals surface area contributed by atoms with Crippen molar-refractivity contribution in [2.45, 2.75) is 161 Å². The molecule has 0 unspecified atom stereocenters. The minimum absolute atomic E-state index is 0.00756. The molecule has 1 amide bonds. The zero-order valence-corrected chi connectivity index (χ0v) is 44.7. The molecule has 82 heavy (non-hydrogen) atoms. The van der Waals surface area contributed by atoms with E-state index in [0.717, 1.165) is 32.2 Å². The lowest BCUT2D eigenvalue weighted by molar-refractivity contribution is -0.306. The number of aliphatic hydroxyl groups is 6. The molecule has 0 radical (unpaired) electrons. The second-order valence-corrected chi connectivity index (χ2v) is 22.1. The van der Waals surface area contributed by atoms with Gasteiger partial charge in [-0.05, 0) is 62.9 Å². The lowest BCUT2D eigenvalue weighted by atomic mass is 9.84. The van der Waals surface area contributed by atoms with Gasteiger partial charge in [0.2, 0.25) is 5.43 Å². The Kier molecular flexibility index (Phi) is 18.3. The first-order valence-electron chi connectivity index (χ1n) is 27.6. The average Bonchev–Trinajstić information content (AvgIpc) is 4.11. The smallest absolute Gasteiger partial charge is 0.341 e. The number of carbonyl (C=O) groups excluding carboxylic acids is 1. The molecule has 30 heteroatoms. The summed E-state index contributed by atoms with van der Waals surface area (Å²) in [6.45, 7) is 3.45. The van der Waals surface area contributed by atoms with Crippen molar-refractivity contribution in [3.63, 3.8) is 0 Å². The number of nitrogens with two attached hydrogens (primary N) is 6. The predicted octanol–water partition coefficient (Wildman–Crippen LogP) is -4.90. The van der Waals surface area contributed by atoms with Gasteiger partial charge in [0.1, 0.15) is 78.1 Å². The van der Waals surface area contributed by atoms with Crippen LogP contribution in [-0.4, -0.2) is 234 Å². The highest BCUT2D eigenvalue weighted by molar-refractivity contribution is 5.95. The largest absolute Gasteiger partial charge is 0.477 e. The van der Waals surface area contributed by atoms with Gasteiger partial charge in [-0.25, -0.2) is 9.18 Å². The van der Waals surface area contributed by atoms with Gasteiger partial charge in [0.05, 0.1) is 35.6 Å². The summed E-state index contributed by atoms with van der Waals surface area (Å²) in [6.07, 6.45) is -16.0. The highest BCUT2D eigenvalue weighted by atomic mass is 19.1. The molecule has 4 saturated heterocycles. The van der Waals surface area contributed by atoms with Crippen LogP contribution in [0.1, 0.15) is 48.5 Å². The summed E-state index contributed by atoms with van der Waals surface area (Å²) in [7, 11) is 0. The van der Waals surface area contributed by atoms with Crippen molar-refractivity contribution in [2.75, 3.05) is 56.0 Å². The molecule has 0 spiro atoms. The van der Waals surface area contributed by atoms with Gasteiger partial charge >= 0.3 is 5.97 Å². The van der Waals surface area contributed by atoms with Crippen LogP contribution >= 0.6 is 0 Å². The fraction of sp³-hybridized carbons (Fsp3) is 0.635. The molecule has 2 saturated carbocycles. The Morgan fingerprint density at radius 2 is 1.33 bits per heavy atom. The van der Waals surface area contributed by atoms with Gasteiger partial charge in [0.15, 0.2) is 25.0 Å². The van der Waals surface area contributed by atoms with Gasteiger partial charge in [0.25, 0.3) is 5.91 Å². The van der Waals surface area contributed by atoms with Crippen molar-refractivity contribution in [1.29, 1.82) is 0 Å². The van der Waals surface area contributed by atoms with Crippen molar-refractivity contribution in [3.8, 4) is 11.3 Å². The first-order chi connectivity index (χ1) is 39.2. The first kappa shape index (κ1) is 59.8. The number of unbranched alkanes of at least 4 members (excludes halogenated alkanes) is 1. The number of aromatic nitrogens is 4. The fourth-order valence-corrected chi connectivity index (χ4v) is 11.4. The monoisotopic (exact) mass is 1160 g/mol. The van der Waals surface area contributed by atoms with Gasteiger partial charge in [-0.15, -0.1) is 5.10 Å². The highest BCUT2D eigenvalue weighted by Crippen LogP contribution is 2.39. The number of ether oxygens (including phenoxy) is 6. The van der Waals surface area contributed by atoms with E-state index in [0.29, 0.717) is 55.2 Å². The molecular formula is C52H74FN13O16. The summed E-state index contributed by atoms with van der Waals surface area (Å²) in [5.41, 5.74) is 38.1. The Bertz CT molecular complexity index is 2930. The number of amides is 1. The molecule has 450 valence electrons. The number of hydrogen-bond acceptors (Lipinski definition) is 25. The number of carboxylic acid groups (broad SMARTS) is 1. The third-order valence-corrected chi connectivity index (χ3v) is 16.4. The maximum atomic E-state index is 15.6. The zero-order valence-electron chi connectivity index (χ0n) is 44.7. The van der Waals surface area contributed by atoms with Crippen LogP contribution < -0.4 is 50.0 Å². The number of carboxylic acids is 1. The van der Waals surface area contributed by atoms with Crippen LogP contribution in [0, 0.1) is 5.82 Å². The molecule has 4 aliphatic heterocycles. The number of aryl methyl sites for hydroxylation is 1. The van der Waals surface area contributed by atoms with Gasteiger partial charge in [0, 0.05) is 86.8 Å². The fourth-order valence-electron chi connectivity index (χ4n) is 11.4. The van der Waals surface area contributed by atoms with E-state index in [-0.39, 0.29) is 42.2 Å². The number of pyridine rings is 1. The number of hydrogen-bond donors (Lipinski definition) is 14. The molecule has 2 aromatic carbocycles. The number of aliphatic hydroxyl groups excluding tert-OH is 6. The van der Waals surface area contributed by atoms with E-state index < -0.39 is 139 Å². The van der Waals surface area contributed by atoms with Crippen LogP contribution in [-0.2, 0) is 39.8 Å². The summed E-state index contributed by atoms with van der Waals surface area (Å²) in [4.78, 5) is 43.3. The van der Waals surface area contributed by atoms with E-state index >= 15 is 4.39 Å². The molecule has 10 rings (SSSR count). The predicted molar refractivity (Wildman–Crippen MR) is 287 cm³/mol. The van der Waals surface area contributed by atoms with Crippen LogP contribution in [0.15, 0.2) is 53.6 Å². The van der Waals surface area contributed by atoms with Crippen LogP contribution in [0.3, 0.4) is 0 Å². The molecular weight excluding hydrogens is 1080 g/mol. The Hall–Kier alpha value is -5.30. The molecule has 2 aromatic heterocycles. The number of piperazine rings is 1. The van der Waals surface area contributed by atoms with Crippen molar-refractivity contribution in [2.24, 2.45) is 34.4 Å². The Morgan fingerprint density at radius 3 is 1.94 bits per heavy atom. The number of aromatic carboxylic acids is 1. The van der Waals surface area contributed by atoms with Crippen molar-refractivity contribution < 1.29 is 78.1 Å². The van der Waals surface area contributed by atoms with Crippen molar-refractivity contribution in [3.05, 3.63) is 70.4 Å². The highest BCUT2D eigenvalue weighted by Gasteiger charge is 2.56. The Balaban J connectivity index is 0.753. The second kappa shape index (κ2) is 25.1. The first-order valence-corrected chi connectivity index (χ1v) is 27.6. The minimum atomic E-state index is -1.85. The molecule has 19 atom stereocenters. The van der Waals surface area contributed by atoms with Crippen LogP contribution in [0.5, 0.6) is 0 Å². The third kappa shape index (κ3) is 12.3. The van der Waals surface area contributed by atoms with E-state index in [1.807, 2.05) is 4.90 Å². The maximum absolute atomic E-state index is 15.6. The number of nitrogens with zero attached hydrogens (tertiary/aromatic N) is 6. The number of carbonyl (C=O) groups is 2.